The third-order valence-corrected chi connectivity index (χ3v) is 5.03. The fourth-order valence-electron chi connectivity index (χ4n) is 3.28. The van der Waals surface area contributed by atoms with Crippen LogP contribution >= 0.6 is 0 Å². The van der Waals surface area contributed by atoms with E-state index in [1.807, 2.05) is 0 Å². The van der Waals surface area contributed by atoms with Gasteiger partial charge in [0, 0.05) is 45.6 Å². The summed E-state index contributed by atoms with van der Waals surface area (Å²) in [6, 6.07) is 9.10. The molecule has 21 heavy (non-hydrogen) atoms. The third kappa shape index (κ3) is 3.98. The summed E-state index contributed by atoms with van der Waals surface area (Å²) in [6.45, 7) is 5.45. The highest BCUT2D eigenvalue weighted by Crippen LogP contribution is 2.48. The quantitative estimate of drug-likeness (QED) is 0.795. The maximum Gasteiger partial charge on any atom is 0.0468 e. The van der Waals surface area contributed by atoms with Crippen molar-refractivity contribution in [3.63, 3.8) is 0 Å². The van der Waals surface area contributed by atoms with Gasteiger partial charge in [-0.15, -0.1) is 0 Å². The molecule has 2 aliphatic rings. The Balaban J connectivity index is 1.43. The summed E-state index contributed by atoms with van der Waals surface area (Å²) >= 11 is 0. The van der Waals surface area contributed by atoms with E-state index in [4.69, 9.17) is 4.74 Å². The minimum atomic E-state index is 0.533. The largest absolute Gasteiger partial charge is 0.385 e. The van der Waals surface area contributed by atoms with E-state index in [0.717, 1.165) is 19.7 Å². The summed E-state index contributed by atoms with van der Waals surface area (Å²) in [6.07, 6.45) is 6.60. The second-order valence-electron chi connectivity index (χ2n) is 6.71. The maximum atomic E-state index is 5.21. The molecule has 3 nitrogen and oxygen atoms in total. The minimum Gasteiger partial charge on any atom is -0.385 e. The average Bonchev–Trinajstić information content (AvgIpc) is 3.07. The van der Waals surface area contributed by atoms with Crippen molar-refractivity contribution in [2.24, 2.45) is 5.41 Å². The van der Waals surface area contributed by atoms with Crippen molar-refractivity contribution in [2.45, 2.75) is 38.6 Å². The van der Waals surface area contributed by atoms with Gasteiger partial charge in [-0.25, -0.2) is 0 Å². The summed E-state index contributed by atoms with van der Waals surface area (Å²) in [5.74, 6) is 0. The lowest BCUT2D eigenvalue weighted by atomic mass is 10.0. The zero-order valence-electron chi connectivity index (χ0n) is 13.2. The molecule has 1 saturated carbocycles. The summed E-state index contributed by atoms with van der Waals surface area (Å²) < 4.78 is 5.21. The number of rotatable bonds is 8. The van der Waals surface area contributed by atoms with Crippen LogP contribution < -0.4 is 10.2 Å². The maximum absolute atomic E-state index is 5.21. The second-order valence-corrected chi connectivity index (χ2v) is 6.71. The van der Waals surface area contributed by atoms with Gasteiger partial charge in [0.2, 0.25) is 0 Å². The van der Waals surface area contributed by atoms with Gasteiger partial charge in [0.1, 0.15) is 0 Å². The van der Waals surface area contributed by atoms with Crippen molar-refractivity contribution in [3.8, 4) is 0 Å². The Morgan fingerprint density at radius 1 is 1.14 bits per heavy atom. The fourth-order valence-corrected chi connectivity index (χ4v) is 3.28. The monoisotopic (exact) mass is 288 g/mol. The highest BCUT2D eigenvalue weighted by Gasteiger charge is 2.41. The molecule has 0 unspecified atom stereocenters. The van der Waals surface area contributed by atoms with E-state index in [2.05, 4.69) is 34.5 Å². The van der Waals surface area contributed by atoms with Crippen LogP contribution in [0.2, 0.25) is 0 Å². The van der Waals surface area contributed by atoms with Gasteiger partial charge in [-0.1, -0.05) is 12.1 Å². The molecular weight excluding hydrogens is 260 g/mol. The van der Waals surface area contributed by atoms with Crippen LogP contribution in [0.15, 0.2) is 24.3 Å². The lowest BCUT2D eigenvalue weighted by molar-refractivity contribution is 0.171. The molecule has 1 aromatic rings. The Morgan fingerprint density at radius 3 is 2.48 bits per heavy atom. The van der Waals surface area contributed by atoms with E-state index in [-0.39, 0.29) is 0 Å². The molecule has 1 aromatic carbocycles. The first-order valence-electron chi connectivity index (χ1n) is 8.35. The van der Waals surface area contributed by atoms with Gasteiger partial charge in [-0.05, 0) is 55.2 Å². The number of methoxy groups -OCH3 is 1. The third-order valence-electron chi connectivity index (χ3n) is 5.03. The second kappa shape index (κ2) is 6.80. The van der Waals surface area contributed by atoms with Crippen molar-refractivity contribution in [1.82, 2.24) is 5.32 Å². The molecular formula is C18H28N2O. The van der Waals surface area contributed by atoms with Gasteiger partial charge >= 0.3 is 0 Å². The topological polar surface area (TPSA) is 24.5 Å². The van der Waals surface area contributed by atoms with Crippen LogP contribution in [0.25, 0.3) is 0 Å². The molecule has 0 aromatic heterocycles. The Labute approximate surface area is 128 Å². The highest BCUT2D eigenvalue weighted by molar-refractivity contribution is 5.48. The van der Waals surface area contributed by atoms with Gasteiger partial charge in [0.05, 0.1) is 0 Å². The van der Waals surface area contributed by atoms with E-state index in [0.29, 0.717) is 5.41 Å². The lowest BCUT2D eigenvalue weighted by Gasteiger charge is -2.18. The first kappa shape index (κ1) is 14.9. The van der Waals surface area contributed by atoms with Crippen molar-refractivity contribution >= 4 is 5.69 Å². The zero-order valence-corrected chi connectivity index (χ0v) is 13.2. The zero-order chi connectivity index (χ0) is 14.5. The Kier molecular flexibility index (Phi) is 4.81. The highest BCUT2D eigenvalue weighted by atomic mass is 16.5. The first-order valence-corrected chi connectivity index (χ1v) is 8.35. The number of anilines is 1. The summed E-state index contributed by atoms with van der Waals surface area (Å²) in [5.41, 5.74) is 3.31. The number of ether oxygens (including phenoxy) is 1. The normalized spacial score (nSPS) is 20.0. The van der Waals surface area contributed by atoms with E-state index in [1.165, 1.54) is 56.4 Å². The molecule has 0 bridgehead atoms. The smallest absolute Gasteiger partial charge is 0.0468 e. The van der Waals surface area contributed by atoms with Crippen LogP contribution in [0, 0.1) is 5.41 Å². The summed E-state index contributed by atoms with van der Waals surface area (Å²) in [5, 5.41) is 3.63. The summed E-state index contributed by atoms with van der Waals surface area (Å²) in [7, 11) is 1.80. The summed E-state index contributed by atoms with van der Waals surface area (Å²) in [4.78, 5) is 2.49. The van der Waals surface area contributed by atoms with E-state index >= 15 is 0 Å². The number of benzene rings is 1. The molecule has 1 saturated heterocycles. The van der Waals surface area contributed by atoms with Gasteiger partial charge in [0.15, 0.2) is 0 Å². The number of nitrogens with zero attached hydrogens (tertiary/aromatic N) is 1. The molecule has 3 rings (SSSR count). The number of hydrogen-bond donors (Lipinski definition) is 1. The van der Waals surface area contributed by atoms with Crippen LogP contribution in [0.1, 0.15) is 37.7 Å². The predicted octanol–water partition coefficient (Wildman–Crippen LogP) is 3.19. The number of nitrogens with one attached hydrogen (secondary N) is 1. The van der Waals surface area contributed by atoms with Gasteiger partial charge in [-0.3, -0.25) is 0 Å². The van der Waals surface area contributed by atoms with Gasteiger partial charge in [-0.2, -0.15) is 0 Å². The van der Waals surface area contributed by atoms with Crippen LogP contribution in [-0.4, -0.2) is 33.4 Å². The predicted molar refractivity (Wildman–Crippen MR) is 87.8 cm³/mol. The fraction of sp³-hybridized carbons (Fsp3) is 0.667. The Morgan fingerprint density at radius 2 is 1.86 bits per heavy atom. The molecule has 1 N–H and O–H groups in total. The molecule has 0 spiro atoms. The molecule has 3 heteroatoms. The van der Waals surface area contributed by atoms with Crippen LogP contribution in [0.3, 0.4) is 0 Å². The molecule has 1 aliphatic heterocycles. The van der Waals surface area contributed by atoms with Crippen molar-refractivity contribution in [1.29, 1.82) is 0 Å². The van der Waals surface area contributed by atoms with Gasteiger partial charge < -0.3 is 15.0 Å². The molecule has 0 radical (unpaired) electrons. The van der Waals surface area contributed by atoms with E-state index in [1.54, 1.807) is 7.11 Å². The average molecular weight is 288 g/mol. The lowest BCUT2D eigenvalue weighted by Crippen LogP contribution is -2.24. The molecule has 1 heterocycles. The Bertz CT molecular complexity index is 433. The van der Waals surface area contributed by atoms with Gasteiger partial charge in [0.25, 0.3) is 0 Å². The molecule has 2 fully saturated rings. The van der Waals surface area contributed by atoms with Crippen molar-refractivity contribution < 1.29 is 4.74 Å². The number of hydrogen-bond acceptors (Lipinski definition) is 3. The molecule has 1 aliphatic carbocycles. The van der Waals surface area contributed by atoms with Crippen LogP contribution in [0.5, 0.6) is 0 Å². The van der Waals surface area contributed by atoms with E-state index < -0.39 is 0 Å². The Hall–Kier alpha value is -1.06. The van der Waals surface area contributed by atoms with Crippen molar-refractivity contribution in [2.75, 3.05) is 38.3 Å². The SMILES string of the molecule is COCCC1(CNCc2ccc(N3CCCC3)cc2)CC1. The first-order chi connectivity index (χ1) is 10.3. The minimum absolute atomic E-state index is 0.533. The molecule has 116 valence electrons. The van der Waals surface area contributed by atoms with E-state index in [9.17, 15) is 0 Å². The molecule has 0 atom stereocenters. The standard InChI is InChI=1S/C18H28N2O/c1-21-13-10-18(8-9-18)15-19-14-16-4-6-17(7-5-16)20-11-2-3-12-20/h4-7,19H,2-3,8-15H2,1H3. The van der Waals surface area contributed by atoms with Crippen molar-refractivity contribution in [3.05, 3.63) is 29.8 Å². The van der Waals surface area contributed by atoms with Crippen LogP contribution in [-0.2, 0) is 11.3 Å². The molecule has 0 amide bonds. The van der Waals surface area contributed by atoms with Crippen LogP contribution in [0.4, 0.5) is 5.69 Å².